The minimum absolute atomic E-state index is 0.265. The predicted molar refractivity (Wildman–Crippen MR) is 97.3 cm³/mol. The van der Waals surface area contributed by atoms with Crippen molar-refractivity contribution < 1.29 is 18.7 Å². The van der Waals surface area contributed by atoms with Gasteiger partial charge in [-0.05, 0) is 36.6 Å². The van der Waals surface area contributed by atoms with Gasteiger partial charge in [0.25, 0.3) is 0 Å². The van der Waals surface area contributed by atoms with E-state index in [1.54, 1.807) is 17.2 Å². The zero-order valence-electron chi connectivity index (χ0n) is 14.5. The van der Waals surface area contributed by atoms with Crippen LogP contribution in [0.3, 0.4) is 0 Å². The van der Waals surface area contributed by atoms with E-state index in [4.69, 9.17) is 0 Å². The first-order valence-corrected chi connectivity index (χ1v) is 8.83. The van der Waals surface area contributed by atoms with Crippen molar-refractivity contribution >= 4 is 16.9 Å². The maximum Gasteiger partial charge on any atom is 0.320 e. The van der Waals surface area contributed by atoms with Gasteiger partial charge in [-0.1, -0.05) is 24.3 Å². The Bertz CT molecular complexity index is 1000. The highest BCUT2D eigenvalue weighted by Crippen LogP contribution is 2.38. The van der Waals surface area contributed by atoms with Crippen LogP contribution in [0, 0.1) is 11.6 Å². The average molecular weight is 368 g/mol. The Hall–Kier alpha value is -2.86. The number of para-hydroxylation sites is 1. The quantitative estimate of drug-likeness (QED) is 0.752. The molecule has 4 rings (SSSR count). The number of carboxylic acid groups (broad SMARTS) is 1. The highest BCUT2D eigenvalue weighted by atomic mass is 19.1. The van der Waals surface area contributed by atoms with Gasteiger partial charge in [0.05, 0.1) is 11.6 Å². The second kappa shape index (κ2) is 7.04. The summed E-state index contributed by atoms with van der Waals surface area (Å²) in [7, 11) is 0. The van der Waals surface area contributed by atoms with Gasteiger partial charge in [-0.3, -0.25) is 14.7 Å². The van der Waals surface area contributed by atoms with Crippen LogP contribution in [0.15, 0.2) is 54.7 Å². The maximum atomic E-state index is 14.7. The number of hydrogen-bond acceptors (Lipinski definition) is 3. The molecule has 2 aromatic carbocycles. The largest absolute Gasteiger partial charge is 0.480 e. The van der Waals surface area contributed by atoms with Crippen LogP contribution in [-0.4, -0.2) is 33.5 Å². The lowest BCUT2D eigenvalue weighted by Gasteiger charge is -2.32. The minimum atomic E-state index is -0.932. The summed E-state index contributed by atoms with van der Waals surface area (Å²) in [5.41, 5.74) is 1.77. The van der Waals surface area contributed by atoms with Gasteiger partial charge in [-0.2, -0.15) is 0 Å². The second-order valence-electron chi connectivity index (χ2n) is 6.72. The van der Waals surface area contributed by atoms with Crippen LogP contribution < -0.4 is 0 Å². The lowest BCUT2D eigenvalue weighted by atomic mass is 9.93. The van der Waals surface area contributed by atoms with Gasteiger partial charge in [0.1, 0.15) is 17.7 Å². The Balaban J connectivity index is 1.94. The summed E-state index contributed by atoms with van der Waals surface area (Å²) in [6.45, 7) is 0.523. The van der Waals surface area contributed by atoms with Crippen molar-refractivity contribution in [1.82, 2.24) is 9.88 Å². The van der Waals surface area contributed by atoms with E-state index < -0.39 is 29.7 Å². The first-order valence-electron chi connectivity index (χ1n) is 8.83. The molecular weight excluding hydrogens is 350 g/mol. The van der Waals surface area contributed by atoms with E-state index in [1.807, 2.05) is 24.3 Å². The van der Waals surface area contributed by atoms with E-state index in [2.05, 4.69) is 4.98 Å². The van der Waals surface area contributed by atoms with E-state index >= 15 is 0 Å². The highest BCUT2D eigenvalue weighted by Gasteiger charge is 2.38. The highest BCUT2D eigenvalue weighted by molar-refractivity contribution is 5.83. The molecule has 2 heterocycles. The van der Waals surface area contributed by atoms with E-state index in [-0.39, 0.29) is 5.56 Å². The van der Waals surface area contributed by atoms with E-state index in [1.165, 1.54) is 12.1 Å². The summed E-state index contributed by atoms with van der Waals surface area (Å²) in [5, 5.41) is 10.5. The van der Waals surface area contributed by atoms with Crippen molar-refractivity contribution in [2.75, 3.05) is 6.54 Å². The van der Waals surface area contributed by atoms with Crippen LogP contribution >= 0.6 is 0 Å². The molecule has 2 unspecified atom stereocenters. The van der Waals surface area contributed by atoms with Crippen LogP contribution in [0.2, 0.25) is 0 Å². The standard InChI is InChI=1S/C21H18F2N2O2/c22-13-7-8-16(17(23)12-13)20(25-11-3-6-19(25)21(26)27)15-9-10-24-18-5-2-1-4-14(15)18/h1-2,4-5,7-10,12,19-20H,3,6,11H2,(H,26,27). The Labute approximate surface area is 155 Å². The molecule has 0 amide bonds. The van der Waals surface area contributed by atoms with E-state index in [0.717, 1.165) is 22.5 Å². The van der Waals surface area contributed by atoms with Crippen molar-refractivity contribution in [1.29, 1.82) is 0 Å². The number of pyridine rings is 1. The monoisotopic (exact) mass is 368 g/mol. The van der Waals surface area contributed by atoms with E-state index in [9.17, 15) is 18.7 Å². The normalized spacial score (nSPS) is 18.7. The molecule has 1 aliphatic heterocycles. The zero-order valence-corrected chi connectivity index (χ0v) is 14.5. The van der Waals surface area contributed by atoms with Gasteiger partial charge in [0.15, 0.2) is 0 Å². The molecule has 1 fully saturated rings. The molecule has 1 saturated heterocycles. The number of aliphatic carboxylic acids is 1. The summed E-state index contributed by atoms with van der Waals surface area (Å²) in [4.78, 5) is 17.9. The average Bonchev–Trinajstić information content (AvgIpc) is 3.13. The number of carboxylic acids is 1. The molecule has 1 N–H and O–H groups in total. The van der Waals surface area contributed by atoms with Crippen LogP contribution in [0.5, 0.6) is 0 Å². The molecule has 0 radical (unpaired) electrons. The molecule has 27 heavy (non-hydrogen) atoms. The molecule has 0 saturated carbocycles. The van der Waals surface area contributed by atoms with Gasteiger partial charge in [0.2, 0.25) is 0 Å². The smallest absolute Gasteiger partial charge is 0.320 e. The summed E-state index contributed by atoms with van der Waals surface area (Å²) in [5.74, 6) is -2.28. The fourth-order valence-electron chi connectivity index (χ4n) is 3.97. The molecule has 0 spiro atoms. The third kappa shape index (κ3) is 3.17. The number of nitrogens with zero attached hydrogens (tertiary/aromatic N) is 2. The third-order valence-corrected chi connectivity index (χ3v) is 5.15. The lowest BCUT2D eigenvalue weighted by molar-refractivity contribution is -0.142. The molecular formula is C21H18F2N2O2. The van der Waals surface area contributed by atoms with Gasteiger partial charge in [-0.15, -0.1) is 0 Å². The zero-order chi connectivity index (χ0) is 19.0. The van der Waals surface area contributed by atoms with Crippen LogP contribution in [0.4, 0.5) is 8.78 Å². The summed E-state index contributed by atoms with van der Waals surface area (Å²) in [6.07, 6.45) is 2.84. The number of rotatable bonds is 4. The molecule has 3 aromatic rings. The van der Waals surface area contributed by atoms with Gasteiger partial charge in [-0.25, -0.2) is 8.78 Å². The molecule has 4 nitrogen and oxygen atoms in total. The Kier molecular flexibility index (Phi) is 4.58. The van der Waals surface area contributed by atoms with E-state index in [0.29, 0.717) is 19.4 Å². The number of halogens is 2. The number of benzene rings is 2. The number of likely N-dealkylation sites (tertiary alicyclic amines) is 1. The summed E-state index contributed by atoms with van der Waals surface area (Å²) >= 11 is 0. The molecule has 1 aromatic heterocycles. The fraction of sp³-hybridized carbons (Fsp3) is 0.238. The molecule has 6 heteroatoms. The summed E-state index contributed by atoms with van der Waals surface area (Å²) in [6, 6.07) is 11.4. The fourth-order valence-corrected chi connectivity index (χ4v) is 3.97. The van der Waals surface area contributed by atoms with Crippen molar-refractivity contribution in [2.24, 2.45) is 0 Å². The van der Waals surface area contributed by atoms with Crippen LogP contribution in [0.25, 0.3) is 10.9 Å². The molecule has 138 valence electrons. The first kappa shape index (κ1) is 17.5. The molecule has 0 bridgehead atoms. The lowest BCUT2D eigenvalue weighted by Crippen LogP contribution is -2.39. The van der Waals surface area contributed by atoms with Gasteiger partial charge < -0.3 is 5.11 Å². The van der Waals surface area contributed by atoms with Gasteiger partial charge in [0, 0.05) is 29.8 Å². The molecule has 1 aliphatic rings. The van der Waals surface area contributed by atoms with Crippen molar-refractivity contribution in [3.05, 3.63) is 77.5 Å². The predicted octanol–water partition coefficient (Wildman–Crippen LogP) is 4.15. The first-order chi connectivity index (χ1) is 13.1. The van der Waals surface area contributed by atoms with Crippen LogP contribution in [0.1, 0.15) is 30.0 Å². The minimum Gasteiger partial charge on any atom is -0.480 e. The Morgan fingerprint density at radius 1 is 1.15 bits per heavy atom. The number of hydrogen-bond donors (Lipinski definition) is 1. The topological polar surface area (TPSA) is 53.4 Å². The van der Waals surface area contributed by atoms with Crippen molar-refractivity contribution in [3.8, 4) is 0 Å². The number of fused-ring (bicyclic) bond motifs is 1. The van der Waals surface area contributed by atoms with Gasteiger partial charge >= 0.3 is 5.97 Å². The van der Waals surface area contributed by atoms with Crippen molar-refractivity contribution in [2.45, 2.75) is 24.9 Å². The Morgan fingerprint density at radius 2 is 1.96 bits per heavy atom. The SMILES string of the molecule is O=C(O)C1CCCN1C(c1ccc(F)cc1F)c1ccnc2ccccc12. The number of aromatic nitrogens is 1. The van der Waals surface area contributed by atoms with Crippen LogP contribution in [-0.2, 0) is 4.79 Å². The molecule has 2 atom stereocenters. The summed E-state index contributed by atoms with van der Waals surface area (Å²) < 4.78 is 28.2. The third-order valence-electron chi connectivity index (χ3n) is 5.15. The van der Waals surface area contributed by atoms with Crippen molar-refractivity contribution in [3.63, 3.8) is 0 Å². The second-order valence-corrected chi connectivity index (χ2v) is 6.72. The maximum absolute atomic E-state index is 14.7. The number of carbonyl (C=O) groups is 1. The molecule has 0 aliphatic carbocycles. The Morgan fingerprint density at radius 3 is 2.74 bits per heavy atom.